The lowest BCUT2D eigenvalue weighted by atomic mass is 10.1. The fourth-order valence-corrected chi connectivity index (χ4v) is 2.38. The molecule has 2 aromatic carbocycles. The molecule has 0 atom stereocenters. The van der Waals surface area contributed by atoms with E-state index in [0.717, 1.165) is 29.9 Å². The fraction of sp³-hybridized carbons (Fsp3) is 0.333. The summed E-state index contributed by atoms with van der Waals surface area (Å²) in [5.74, 6) is 0.622. The second-order valence-corrected chi connectivity index (χ2v) is 5.92. The van der Waals surface area contributed by atoms with E-state index in [1.165, 1.54) is 25.3 Å². The first-order valence-corrected chi connectivity index (χ1v) is 8.18. The summed E-state index contributed by atoms with van der Waals surface area (Å²) in [6, 6.07) is 13.0. The zero-order chi connectivity index (χ0) is 15.1. The Morgan fingerprint density at radius 1 is 0.952 bits per heavy atom. The highest BCUT2D eigenvalue weighted by Gasteiger charge is 2.03. The van der Waals surface area contributed by atoms with Crippen molar-refractivity contribution in [1.29, 1.82) is 0 Å². The van der Waals surface area contributed by atoms with Crippen LogP contribution in [0.5, 0.6) is 5.75 Å². The number of ether oxygens (including phenoxy) is 1. The summed E-state index contributed by atoms with van der Waals surface area (Å²) in [6.45, 7) is 2.96. The normalized spacial score (nSPS) is 10.6. The molecule has 0 unspecified atom stereocenters. The van der Waals surface area contributed by atoms with E-state index in [4.69, 9.17) is 4.74 Å². The summed E-state index contributed by atoms with van der Waals surface area (Å²) < 4.78 is 19.7. The van der Waals surface area contributed by atoms with E-state index in [1.54, 1.807) is 6.07 Å². The highest BCUT2D eigenvalue weighted by Crippen LogP contribution is 2.26. The molecule has 0 aliphatic heterocycles. The second-order valence-electron chi connectivity index (χ2n) is 5.06. The first kappa shape index (κ1) is 16.0. The third kappa shape index (κ3) is 4.85. The number of benzene rings is 2. The third-order valence-corrected chi connectivity index (χ3v) is 4.02. The predicted octanol–water partition coefficient (Wildman–Crippen LogP) is 6.21. The maximum absolute atomic E-state index is 13.5. The Bertz CT molecular complexity index is 566. The zero-order valence-corrected chi connectivity index (χ0v) is 13.8. The predicted molar refractivity (Wildman–Crippen MR) is 89.2 cm³/mol. The van der Waals surface area contributed by atoms with E-state index in [9.17, 15) is 4.39 Å². The molecule has 0 aliphatic rings. The first-order valence-electron chi connectivity index (χ1n) is 7.39. The van der Waals surface area contributed by atoms with Crippen molar-refractivity contribution >= 4 is 15.9 Å². The van der Waals surface area contributed by atoms with Crippen LogP contribution in [0.4, 0.5) is 4.39 Å². The molecule has 0 saturated heterocycles. The van der Waals surface area contributed by atoms with E-state index >= 15 is 0 Å². The van der Waals surface area contributed by atoms with Gasteiger partial charge in [0.25, 0.3) is 0 Å². The van der Waals surface area contributed by atoms with Crippen molar-refractivity contribution in [1.82, 2.24) is 0 Å². The minimum absolute atomic E-state index is 0.247. The summed E-state index contributed by atoms with van der Waals surface area (Å²) in [5, 5.41) is 0. The molecule has 0 aromatic heterocycles. The molecule has 1 nitrogen and oxygen atoms in total. The molecule has 0 amide bonds. The van der Waals surface area contributed by atoms with Gasteiger partial charge in [0.05, 0.1) is 11.1 Å². The van der Waals surface area contributed by atoms with Crippen LogP contribution in [0.3, 0.4) is 0 Å². The van der Waals surface area contributed by atoms with Gasteiger partial charge in [0.1, 0.15) is 11.6 Å². The van der Waals surface area contributed by atoms with Crippen LogP contribution in [-0.2, 0) is 0 Å². The lowest BCUT2D eigenvalue weighted by molar-refractivity contribution is 0.305. The minimum atomic E-state index is -0.247. The van der Waals surface area contributed by atoms with E-state index < -0.39 is 0 Å². The number of rotatable bonds is 7. The van der Waals surface area contributed by atoms with Crippen LogP contribution >= 0.6 is 15.9 Å². The highest BCUT2D eigenvalue weighted by atomic mass is 79.9. The quantitative estimate of drug-likeness (QED) is 0.539. The smallest absolute Gasteiger partial charge is 0.137 e. The summed E-state index contributed by atoms with van der Waals surface area (Å²) >= 11 is 3.16. The average Bonchev–Trinajstić information content (AvgIpc) is 2.50. The van der Waals surface area contributed by atoms with E-state index in [1.807, 2.05) is 30.3 Å². The third-order valence-electron chi connectivity index (χ3n) is 3.37. The Balaban J connectivity index is 1.93. The standard InChI is InChI=1S/C18H20BrFO/c1-2-3-4-5-12-21-16-9-6-14(7-10-16)15-8-11-17(19)18(20)13-15/h6-11,13H,2-5,12H2,1H3. The maximum atomic E-state index is 13.5. The lowest BCUT2D eigenvalue weighted by Gasteiger charge is -2.08. The van der Waals surface area contributed by atoms with Gasteiger partial charge >= 0.3 is 0 Å². The number of halogens is 2. The van der Waals surface area contributed by atoms with E-state index in [0.29, 0.717) is 4.47 Å². The summed E-state index contributed by atoms with van der Waals surface area (Å²) in [5.41, 5.74) is 1.85. The summed E-state index contributed by atoms with van der Waals surface area (Å²) in [4.78, 5) is 0. The molecule has 21 heavy (non-hydrogen) atoms. The van der Waals surface area contributed by atoms with Crippen molar-refractivity contribution in [2.24, 2.45) is 0 Å². The molecule has 0 N–H and O–H groups in total. The number of hydrogen-bond acceptors (Lipinski definition) is 1. The van der Waals surface area contributed by atoms with E-state index in [2.05, 4.69) is 22.9 Å². The van der Waals surface area contributed by atoms with Crippen LogP contribution in [0.2, 0.25) is 0 Å². The van der Waals surface area contributed by atoms with Gasteiger partial charge in [0.2, 0.25) is 0 Å². The molecule has 0 radical (unpaired) electrons. The Morgan fingerprint density at radius 2 is 1.67 bits per heavy atom. The molecule has 2 rings (SSSR count). The Kier molecular flexibility index (Phi) is 6.24. The fourth-order valence-electron chi connectivity index (χ4n) is 2.14. The van der Waals surface area contributed by atoms with Gasteiger partial charge < -0.3 is 4.74 Å². The summed E-state index contributed by atoms with van der Waals surface area (Å²) in [7, 11) is 0. The zero-order valence-electron chi connectivity index (χ0n) is 12.2. The molecule has 0 aliphatic carbocycles. The van der Waals surface area contributed by atoms with Crippen molar-refractivity contribution in [2.75, 3.05) is 6.61 Å². The molecule has 112 valence electrons. The Morgan fingerprint density at radius 3 is 2.33 bits per heavy atom. The van der Waals surface area contributed by atoms with E-state index in [-0.39, 0.29) is 5.82 Å². The van der Waals surface area contributed by atoms with Crippen molar-refractivity contribution in [3.05, 3.63) is 52.8 Å². The Labute approximate surface area is 134 Å². The number of hydrogen-bond donors (Lipinski definition) is 0. The van der Waals surface area contributed by atoms with Crippen LogP contribution in [0.15, 0.2) is 46.9 Å². The van der Waals surface area contributed by atoms with Crippen LogP contribution in [-0.4, -0.2) is 6.61 Å². The largest absolute Gasteiger partial charge is 0.494 e. The van der Waals surface area contributed by atoms with Crippen LogP contribution in [0.1, 0.15) is 32.6 Å². The van der Waals surface area contributed by atoms with Crippen molar-refractivity contribution in [3.8, 4) is 16.9 Å². The van der Waals surface area contributed by atoms with Gasteiger partial charge in [-0.3, -0.25) is 0 Å². The molecule has 2 aromatic rings. The highest BCUT2D eigenvalue weighted by molar-refractivity contribution is 9.10. The molecule has 0 bridgehead atoms. The maximum Gasteiger partial charge on any atom is 0.137 e. The molecular weight excluding hydrogens is 331 g/mol. The van der Waals surface area contributed by atoms with Gasteiger partial charge in [-0.25, -0.2) is 4.39 Å². The monoisotopic (exact) mass is 350 g/mol. The SMILES string of the molecule is CCCCCCOc1ccc(-c2ccc(Br)c(F)c2)cc1. The topological polar surface area (TPSA) is 9.23 Å². The minimum Gasteiger partial charge on any atom is -0.494 e. The molecule has 0 fully saturated rings. The van der Waals surface area contributed by atoms with Gasteiger partial charge in [0, 0.05) is 0 Å². The molecular formula is C18H20BrFO. The van der Waals surface area contributed by atoms with Crippen LogP contribution in [0, 0.1) is 5.82 Å². The average molecular weight is 351 g/mol. The van der Waals surface area contributed by atoms with Gasteiger partial charge in [0.15, 0.2) is 0 Å². The van der Waals surface area contributed by atoms with Crippen LogP contribution in [0.25, 0.3) is 11.1 Å². The second kappa shape index (κ2) is 8.18. The van der Waals surface area contributed by atoms with Crippen LogP contribution < -0.4 is 4.74 Å². The molecule has 3 heteroatoms. The van der Waals surface area contributed by atoms with Gasteiger partial charge in [-0.15, -0.1) is 0 Å². The number of unbranched alkanes of at least 4 members (excludes halogenated alkanes) is 3. The molecule has 0 saturated carbocycles. The van der Waals surface area contributed by atoms with Crippen molar-refractivity contribution < 1.29 is 9.13 Å². The molecule has 0 heterocycles. The van der Waals surface area contributed by atoms with Gasteiger partial charge in [-0.2, -0.15) is 0 Å². The van der Waals surface area contributed by atoms with Gasteiger partial charge in [-0.1, -0.05) is 44.4 Å². The summed E-state index contributed by atoms with van der Waals surface area (Å²) in [6.07, 6.45) is 4.80. The molecule has 0 spiro atoms. The van der Waals surface area contributed by atoms with Gasteiger partial charge in [-0.05, 0) is 57.7 Å². The Hall–Kier alpha value is -1.35. The van der Waals surface area contributed by atoms with Crippen molar-refractivity contribution in [2.45, 2.75) is 32.6 Å². The lowest BCUT2D eigenvalue weighted by Crippen LogP contribution is -1.96. The van der Waals surface area contributed by atoms with Crippen molar-refractivity contribution in [3.63, 3.8) is 0 Å². The first-order chi connectivity index (χ1) is 10.2.